The van der Waals surface area contributed by atoms with Crippen molar-refractivity contribution in [3.05, 3.63) is 12.2 Å². The molecule has 21 heavy (non-hydrogen) atoms. The van der Waals surface area contributed by atoms with Gasteiger partial charge in [0.15, 0.2) is 0 Å². The van der Waals surface area contributed by atoms with Crippen molar-refractivity contribution in [2.24, 2.45) is 0 Å². The molecule has 0 aromatic heterocycles. The minimum Gasteiger partial charge on any atom is -0.330 e. The Morgan fingerprint density at radius 1 is 0.952 bits per heavy atom. The third-order valence-corrected chi connectivity index (χ3v) is 4.85. The van der Waals surface area contributed by atoms with E-state index in [1.807, 2.05) is 6.08 Å². The van der Waals surface area contributed by atoms with Crippen molar-refractivity contribution in [1.82, 2.24) is 4.90 Å². The molecule has 2 nitrogen and oxygen atoms in total. The first-order valence-electron chi connectivity index (χ1n) is 9.12. The Bertz CT molecular complexity index is 324. The van der Waals surface area contributed by atoms with Gasteiger partial charge >= 0.3 is 0 Å². The van der Waals surface area contributed by atoms with Gasteiger partial charge in [0, 0.05) is 18.2 Å². The molecule has 1 atom stereocenters. The molecule has 1 unspecified atom stereocenters. The van der Waals surface area contributed by atoms with Gasteiger partial charge in [-0.15, -0.1) is 0 Å². The van der Waals surface area contributed by atoms with Crippen molar-refractivity contribution < 1.29 is 4.79 Å². The second-order valence-corrected chi connectivity index (χ2v) is 6.82. The standard InChI is InChI=1S/C19H35NO/c1-4-6-8-10-12-16-19(3,15-11-9-7-5-2)20-17-13-14-18(20)21/h13-14H,4-12,15-17H2,1-3H3. The van der Waals surface area contributed by atoms with Crippen LogP contribution in [0.5, 0.6) is 0 Å². The number of amides is 1. The summed E-state index contributed by atoms with van der Waals surface area (Å²) in [5.74, 6) is 0.224. The maximum Gasteiger partial charge on any atom is 0.247 e. The van der Waals surface area contributed by atoms with Crippen molar-refractivity contribution in [1.29, 1.82) is 0 Å². The zero-order valence-electron chi connectivity index (χ0n) is 14.5. The van der Waals surface area contributed by atoms with E-state index < -0.39 is 0 Å². The summed E-state index contributed by atoms with van der Waals surface area (Å²) in [4.78, 5) is 14.2. The molecule has 1 rings (SSSR count). The Labute approximate surface area is 132 Å². The molecule has 1 aliphatic rings. The predicted molar refractivity (Wildman–Crippen MR) is 91.4 cm³/mol. The van der Waals surface area contributed by atoms with E-state index in [0.29, 0.717) is 0 Å². The van der Waals surface area contributed by atoms with E-state index >= 15 is 0 Å². The van der Waals surface area contributed by atoms with Crippen molar-refractivity contribution in [3.63, 3.8) is 0 Å². The van der Waals surface area contributed by atoms with Crippen LogP contribution >= 0.6 is 0 Å². The van der Waals surface area contributed by atoms with Crippen LogP contribution in [0.1, 0.15) is 91.4 Å². The fraction of sp³-hybridized carbons (Fsp3) is 0.842. The highest BCUT2D eigenvalue weighted by atomic mass is 16.2. The van der Waals surface area contributed by atoms with Crippen LogP contribution in [-0.2, 0) is 4.79 Å². The van der Waals surface area contributed by atoms with Gasteiger partial charge in [0.1, 0.15) is 0 Å². The van der Waals surface area contributed by atoms with E-state index in [0.717, 1.165) is 19.4 Å². The number of hydrogen-bond acceptors (Lipinski definition) is 1. The zero-order chi connectivity index (χ0) is 15.6. The lowest BCUT2D eigenvalue weighted by atomic mass is 9.86. The van der Waals surface area contributed by atoms with E-state index in [9.17, 15) is 4.79 Å². The molecule has 0 spiro atoms. The van der Waals surface area contributed by atoms with Gasteiger partial charge in [0.05, 0.1) is 0 Å². The van der Waals surface area contributed by atoms with Crippen LogP contribution in [0, 0.1) is 0 Å². The number of carbonyl (C=O) groups excluding carboxylic acids is 1. The fourth-order valence-electron chi connectivity index (χ4n) is 3.36. The maximum absolute atomic E-state index is 12.1. The molecule has 0 fully saturated rings. The van der Waals surface area contributed by atoms with Crippen LogP contribution in [0.25, 0.3) is 0 Å². The summed E-state index contributed by atoms with van der Waals surface area (Å²) in [6.07, 6.45) is 17.8. The lowest BCUT2D eigenvalue weighted by molar-refractivity contribution is -0.130. The average molecular weight is 293 g/mol. The molecule has 0 saturated carbocycles. The normalized spacial score (nSPS) is 17.5. The van der Waals surface area contributed by atoms with Crippen LogP contribution in [0.15, 0.2) is 12.2 Å². The molecule has 0 aromatic rings. The Kier molecular flexibility index (Phi) is 8.72. The molecule has 0 saturated heterocycles. The lowest BCUT2D eigenvalue weighted by Gasteiger charge is -2.39. The topological polar surface area (TPSA) is 20.3 Å². The first kappa shape index (κ1) is 18.3. The fourth-order valence-corrected chi connectivity index (χ4v) is 3.36. The summed E-state index contributed by atoms with van der Waals surface area (Å²) in [7, 11) is 0. The first-order valence-corrected chi connectivity index (χ1v) is 9.12. The van der Waals surface area contributed by atoms with Crippen molar-refractivity contribution in [2.75, 3.05) is 6.54 Å². The summed E-state index contributed by atoms with van der Waals surface area (Å²) < 4.78 is 0. The molecule has 0 radical (unpaired) electrons. The van der Waals surface area contributed by atoms with Gasteiger partial charge in [-0.2, -0.15) is 0 Å². The van der Waals surface area contributed by atoms with Gasteiger partial charge < -0.3 is 4.90 Å². The lowest BCUT2D eigenvalue weighted by Crippen LogP contribution is -2.47. The first-order chi connectivity index (χ1) is 10.1. The van der Waals surface area contributed by atoms with Crippen molar-refractivity contribution in [3.8, 4) is 0 Å². The van der Waals surface area contributed by atoms with E-state index in [1.54, 1.807) is 6.08 Å². The highest BCUT2D eigenvalue weighted by molar-refractivity contribution is 5.90. The number of unbranched alkanes of at least 4 members (excludes halogenated alkanes) is 7. The summed E-state index contributed by atoms with van der Waals surface area (Å²) >= 11 is 0. The van der Waals surface area contributed by atoms with Crippen molar-refractivity contribution >= 4 is 5.91 Å². The molecule has 0 aliphatic carbocycles. The molecule has 1 heterocycles. The Hall–Kier alpha value is -0.790. The maximum atomic E-state index is 12.1. The molecule has 0 bridgehead atoms. The van der Waals surface area contributed by atoms with E-state index in [1.165, 1.54) is 57.8 Å². The molecule has 2 heteroatoms. The Balaban J connectivity index is 2.46. The third-order valence-electron chi connectivity index (χ3n) is 4.85. The molecule has 122 valence electrons. The summed E-state index contributed by atoms with van der Waals surface area (Å²) in [6, 6.07) is 0. The monoisotopic (exact) mass is 293 g/mol. The van der Waals surface area contributed by atoms with Crippen LogP contribution in [0.2, 0.25) is 0 Å². The van der Waals surface area contributed by atoms with Gasteiger partial charge in [0.25, 0.3) is 0 Å². The molecule has 1 amide bonds. The van der Waals surface area contributed by atoms with Crippen LogP contribution < -0.4 is 0 Å². The highest BCUT2D eigenvalue weighted by Crippen LogP contribution is 2.31. The highest BCUT2D eigenvalue weighted by Gasteiger charge is 2.34. The van der Waals surface area contributed by atoms with Crippen molar-refractivity contribution in [2.45, 2.75) is 96.9 Å². The minimum absolute atomic E-state index is 0.0700. The van der Waals surface area contributed by atoms with Gasteiger partial charge in [-0.3, -0.25) is 4.79 Å². The zero-order valence-corrected chi connectivity index (χ0v) is 14.5. The van der Waals surface area contributed by atoms with Gasteiger partial charge in [0.2, 0.25) is 5.91 Å². The summed E-state index contributed by atoms with van der Waals surface area (Å²) in [5, 5.41) is 0. The second-order valence-electron chi connectivity index (χ2n) is 6.82. The minimum atomic E-state index is 0.0700. The Morgan fingerprint density at radius 2 is 1.48 bits per heavy atom. The SMILES string of the molecule is CCCCCCCC(C)(CCCCCC)N1CC=CC1=O. The molecule has 0 N–H and O–H groups in total. The quantitative estimate of drug-likeness (QED) is 0.437. The van der Waals surface area contributed by atoms with E-state index in [4.69, 9.17) is 0 Å². The van der Waals surface area contributed by atoms with Crippen LogP contribution in [0.3, 0.4) is 0 Å². The van der Waals surface area contributed by atoms with Gasteiger partial charge in [-0.05, 0) is 19.8 Å². The predicted octanol–water partition coefficient (Wildman–Crippen LogP) is 5.47. The molecular weight excluding hydrogens is 258 g/mol. The Morgan fingerprint density at radius 3 is 1.95 bits per heavy atom. The molecular formula is C19H35NO. The average Bonchev–Trinajstić information content (AvgIpc) is 2.90. The largest absolute Gasteiger partial charge is 0.330 e. The number of nitrogens with zero attached hydrogens (tertiary/aromatic N) is 1. The summed E-state index contributed by atoms with van der Waals surface area (Å²) in [6.45, 7) is 7.63. The number of carbonyl (C=O) groups is 1. The number of hydrogen-bond donors (Lipinski definition) is 0. The summed E-state index contributed by atoms with van der Waals surface area (Å²) in [5.41, 5.74) is 0.0700. The molecule has 0 aromatic carbocycles. The van der Waals surface area contributed by atoms with E-state index in [-0.39, 0.29) is 11.4 Å². The van der Waals surface area contributed by atoms with E-state index in [2.05, 4.69) is 25.7 Å². The van der Waals surface area contributed by atoms with Crippen LogP contribution in [0.4, 0.5) is 0 Å². The van der Waals surface area contributed by atoms with Crippen LogP contribution in [-0.4, -0.2) is 22.9 Å². The van der Waals surface area contributed by atoms with Gasteiger partial charge in [-0.25, -0.2) is 0 Å². The smallest absolute Gasteiger partial charge is 0.247 e. The third kappa shape index (κ3) is 6.23. The molecule has 1 aliphatic heterocycles. The second kappa shape index (κ2) is 10.0. The number of rotatable bonds is 12. The van der Waals surface area contributed by atoms with Gasteiger partial charge in [-0.1, -0.05) is 77.7 Å².